The van der Waals surface area contributed by atoms with Crippen LogP contribution in [0.2, 0.25) is 0 Å². The predicted molar refractivity (Wildman–Crippen MR) is 83.9 cm³/mol. The molecule has 1 heterocycles. The van der Waals surface area contributed by atoms with Crippen LogP contribution in [-0.2, 0) is 0 Å². The molecule has 0 spiro atoms. The Bertz CT molecular complexity index is 441. The summed E-state index contributed by atoms with van der Waals surface area (Å²) in [6.07, 6.45) is 0. The summed E-state index contributed by atoms with van der Waals surface area (Å²) < 4.78 is 5.27. The lowest BCUT2D eigenvalue weighted by Gasteiger charge is -2.39. The van der Waals surface area contributed by atoms with Gasteiger partial charge in [-0.2, -0.15) is 0 Å². The van der Waals surface area contributed by atoms with Crippen molar-refractivity contribution in [2.24, 2.45) is 5.41 Å². The third kappa shape index (κ3) is 4.09. The first-order valence-corrected chi connectivity index (χ1v) is 7.43. The van der Waals surface area contributed by atoms with Crippen molar-refractivity contribution in [3.05, 3.63) is 24.3 Å². The van der Waals surface area contributed by atoms with Gasteiger partial charge in [-0.15, -0.1) is 0 Å². The molecule has 0 radical (unpaired) electrons. The Balaban J connectivity index is 1.91. The summed E-state index contributed by atoms with van der Waals surface area (Å²) in [7, 11) is 1.68. The zero-order valence-corrected chi connectivity index (χ0v) is 13.0. The fourth-order valence-electron chi connectivity index (χ4n) is 2.66. The third-order valence-electron chi connectivity index (χ3n) is 4.16. The summed E-state index contributed by atoms with van der Waals surface area (Å²) in [6, 6.07) is 8.12. The highest BCUT2D eigenvalue weighted by molar-refractivity contribution is 5.51. The highest BCUT2D eigenvalue weighted by Gasteiger charge is 2.27. The molecule has 0 saturated carbocycles. The van der Waals surface area contributed by atoms with Crippen LogP contribution in [0, 0.1) is 5.41 Å². The van der Waals surface area contributed by atoms with Crippen LogP contribution in [0.1, 0.15) is 6.92 Å². The minimum atomic E-state index is -0.419. The summed E-state index contributed by atoms with van der Waals surface area (Å²) in [4.78, 5) is 4.65. The van der Waals surface area contributed by atoms with Crippen LogP contribution < -0.4 is 9.64 Å². The number of rotatable bonds is 6. The first kappa shape index (κ1) is 16.1. The molecule has 0 unspecified atom stereocenters. The molecule has 1 fully saturated rings. The number of hydrogen-bond donors (Lipinski definition) is 2. The van der Waals surface area contributed by atoms with Gasteiger partial charge in [0.25, 0.3) is 0 Å². The molecule has 1 aromatic carbocycles. The molecule has 1 aromatic rings. The Morgan fingerprint density at radius 1 is 1.14 bits per heavy atom. The van der Waals surface area contributed by atoms with Gasteiger partial charge in [-0.25, -0.2) is 0 Å². The van der Waals surface area contributed by atoms with Crippen molar-refractivity contribution in [2.45, 2.75) is 6.92 Å². The van der Waals surface area contributed by atoms with E-state index < -0.39 is 5.41 Å². The monoisotopic (exact) mass is 294 g/mol. The Morgan fingerprint density at radius 2 is 1.81 bits per heavy atom. The van der Waals surface area contributed by atoms with Crippen molar-refractivity contribution < 1.29 is 14.9 Å². The molecule has 118 valence electrons. The molecule has 0 aliphatic carbocycles. The molecule has 5 nitrogen and oxygen atoms in total. The van der Waals surface area contributed by atoms with Crippen molar-refractivity contribution in [3.63, 3.8) is 0 Å². The lowest BCUT2D eigenvalue weighted by Crippen LogP contribution is -2.51. The van der Waals surface area contributed by atoms with Crippen LogP contribution in [0.25, 0.3) is 0 Å². The topological polar surface area (TPSA) is 56.2 Å². The number of ether oxygens (including phenoxy) is 1. The quantitative estimate of drug-likeness (QED) is 0.813. The van der Waals surface area contributed by atoms with E-state index in [9.17, 15) is 10.2 Å². The second-order valence-electron chi connectivity index (χ2n) is 6.09. The number of piperazine rings is 1. The lowest BCUT2D eigenvalue weighted by molar-refractivity contribution is 0.0336. The fourth-order valence-corrected chi connectivity index (χ4v) is 2.66. The average Bonchev–Trinajstić information content (AvgIpc) is 2.55. The Labute approximate surface area is 126 Å². The van der Waals surface area contributed by atoms with Gasteiger partial charge in [-0.05, 0) is 12.1 Å². The Morgan fingerprint density at radius 3 is 2.38 bits per heavy atom. The van der Waals surface area contributed by atoms with Gasteiger partial charge in [0, 0.05) is 49.9 Å². The van der Waals surface area contributed by atoms with E-state index in [1.807, 2.05) is 19.1 Å². The fraction of sp³-hybridized carbons (Fsp3) is 0.625. The van der Waals surface area contributed by atoms with Crippen LogP contribution in [0.4, 0.5) is 5.69 Å². The first-order chi connectivity index (χ1) is 10.1. The highest BCUT2D eigenvalue weighted by atomic mass is 16.5. The molecular weight excluding hydrogens is 268 g/mol. The van der Waals surface area contributed by atoms with E-state index in [2.05, 4.69) is 21.9 Å². The van der Waals surface area contributed by atoms with Crippen molar-refractivity contribution in [1.82, 2.24) is 4.90 Å². The zero-order valence-electron chi connectivity index (χ0n) is 13.0. The van der Waals surface area contributed by atoms with Crippen LogP contribution in [0.5, 0.6) is 5.75 Å². The summed E-state index contributed by atoms with van der Waals surface area (Å²) in [5, 5.41) is 18.8. The summed E-state index contributed by atoms with van der Waals surface area (Å²) in [5.41, 5.74) is 0.763. The summed E-state index contributed by atoms with van der Waals surface area (Å²) in [6.45, 7) is 6.44. The maximum atomic E-state index is 9.39. The molecule has 2 N–H and O–H groups in total. The third-order valence-corrected chi connectivity index (χ3v) is 4.16. The number of anilines is 1. The largest absolute Gasteiger partial charge is 0.497 e. The molecule has 21 heavy (non-hydrogen) atoms. The molecule has 1 saturated heterocycles. The molecule has 1 aliphatic heterocycles. The standard InChI is InChI=1S/C16H26N2O3/c1-16(12-19,13-20)11-17-6-8-18(9-7-17)14-4-3-5-15(10-14)21-2/h3-5,10,19-20H,6-9,11-13H2,1-2H3. The van der Waals surface area contributed by atoms with E-state index in [0.717, 1.165) is 38.5 Å². The normalized spacial score (nSPS) is 17.0. The Hall–Kier alpha value is -1.30. The maximum Gasteiger partial charge on any atom is 0.120 e. The number of benzene rings is 1. The maximum absolute atomic E-state index is 9.39. The van der Waals surface area contributed by atoms with Gasteiger partial charge >= 0.3 is 0 Å². The Kier molecular flexibility index (Phi) is 5.45. The van der Waals surface area contributed by atoms with Gasteiger partial charge in [-0.3, -0.25) is 4.90 Å². The van der Waals surface area contributed by atoms with Crippen molar-refractivity contribution in [3.8, 4) is 5.75 Å². The molecule has 0 aromatic heterocycles. The van der Waals surface area contributed by atoms with E-state index in [-0.39, 0.29) is 13.2 Å². The molecule has 5 heteroatoms. The SMILES string of the molecule is COc1cccc(N2CCN(CC(C)(CO)CO)CC2)c1. The summed E-state index contributed by atoms with van der Waals surface area (Å²) in [5.74, 6) is 0.878. The van der Waals surface area contributed by atoms with E-state index in [4.69, 9.17) is 4.74 Å². The van der Waals surface area contributed by atoms with Crippen LogP contribution in [0.3, 0.4) is 0 Å². The molecule has 1 aliphatic rings. The second kappa shape index (κ2) is 7.11. The molecule has 0 amide bonds. The summed E-state index contributed by atoms with van der Waals surface area (Å²) >= 11 is 0. The van der Waals surface area contributed by atoms with Gasteiger partial charge in [0.15, 0.2) is 0 Å². The van der Waals surface area contributed by atoms with E-state index >= 15 is 0 Å². The molecular formula is C16H26N2O3. The van der Waals surface area contributed by atoms with Crippen LogP contribution >= 0.6 is 0 Å². The minimum absolute atomic E-state index is 0.0135. The average molecular weight is 294 g/mol. The van der Waals surface area contributed by atoms with Crippen molar-refractivity contribution in [2.75, 3.05) is 57.9 Å². The van der Waals surface area contributed by atoms with E-state index in [1.54, 1.807) is 7.11 Å². The highest BCUT2D eigenvalue weighted by Crippen LogP contribution is 2.23. The van der Waals surface area contributed by atoms with E-state index in [0.29, 0.717) is 0 Å². The van der Waals surface area contributed by atoms with Gasteiger partial charge in [0.2, 0.25) is 0 Å². The van der Waals surface area contributed by atoms with Gasteiger partial charge in [-0.1, -0.05) is 13.0 Å². The number of nitrogens with zero attached hydrogens (tertiary/aromatic N) is 2. The number of aliphatic hydroxyl groups is 2. The zero-order chi connectivity index (χ0) is 15.3. The predicted octanol–water partition coefficient (Wildman–Crippen LogP) is 0.808. The smallest absolute Gasteiger partial charge is 0.120 e. The van der Waals surface area contributed by atoms with Crippen LogP contribution in [0.15, 0.2) is 24.3 Å². The number of hydrogen-bond acceptors (Lipinski definition) is 5. The molecule has 2 rings (SSSR count). The lowest BCUT2D eigenvalue weighted by atomic mass is 9.92. The van der Waals surface area contributed by atoms with Gasteiger partial charge in [0.1, 0.15) is 5.75 Å². The molecule has 0 bridgehead atoms. The number of methoxy groups -OCH3 is 1. The van der Waals surface area contributed by atoms with Gasteiger partial charge in [0.05, 0.1) is 20.3 Å². The minimum Gasteiger partial charge on any atom is -0.497 e. The van der Waals surface area contributed by atoms with Crippen molar-refractivity contribution >= 4 is 5.69 Å². The first-order valence-electron chi connectivity index (χ1n) is 7.43. The van der Waals surface area contributed by atoms with Gasteiger partial charge < -0.3 is 19.8 Å². The van der Waals surface area contributed by atoms with E-state index in [1.165, 1.54) is 5.69 Å². The van der Waals surface area contributed by atoms with Crippen molar-refractivity contribution in [1.29, 1.82) is 0 Å². The number of aliphatic hydroxyl groups excluding tert-OH is 2. The second-order valence-corrected chi connectivity index (χ2v) is 6.09. The molecule has 0 atom stereocenters. The van der Waals surface area contributed by atoms with Crippen LogP contribution in [-0.4, -0.2) is 68.2 Å².